The molecule has 0 aliphatic rings. The first-order valence-electron chi connectivity index (χ1n) is 14.6. The molecule has 0 saturated heterocycles. The lowest BCUT2D eigenvalue weighted by Crippen LogP contribution is -3.00. The summed E-state index contributed by atoms with van der Waals surface area (Å²) in [4.78, 5) is 0. The molecule has 200 valence electrons. The molecule has 34 heavy (non-hydrogen) atoms. The van der Waals surface area contributed by atoms with Crippen LogP contribution in [0.2, 0.25) is 0 Å². The van der Waals surface area contributed by atoms with Crippen molar-refractivity contribution in [1.82, 2.24) is 0 Å². The van der Waals surface area contributed by atoms with Gasteiger partial charge >= 0.3 is 0 Å². The summed E-state index contributed by atoms with van der Waals surface area (Å²) in [6.07, 6.45) is 26.7. The van der Waals surface area contributed by atoms with E-state index in [1.54, 1.807) is 0 Å². The average Bonchev–Trinajstić information content (AvgIpc) is 2.81. The maximum Gasteiger partial charge on any atom is 0.112 e. The molecule has 0 bridgehead atoms. The second-order valence-corrected chi connectivity index (χ2v) is 11.1. The third-order valence-corrected chi connectivity index (χ3v) is 7.52. The lowest BCUT2D eigenvalue weighted by atomic mass is 10.0. The van der Waals surface area contributed by atoms with Crippen molar-refractivity contribution in [2.75, 3.05) is 20.7 Å². The van der Waals surface area contributed by atoms with Crippen LogP contribution in [-0.2, 0) is 6.54 Å². The molecule has 0 fully saturated rings. The minimum absolute atomic E-state index is 0. The Hall–Kier alpha value is -0.570. The van der Waals surface area contributed by atoms with E-state index in [4.69, 9.17) is 0 Å². The van der Waals surface area contributed by atoms with Crippen molar-refractivity contribution in [2.24, 2.45) is 0 Å². The molecule has 0 amide bonds. The van der Waals surface area contributed by atoms with Gasteiger partial charge in [0.2, 0.25) is 0 Å². The maximum absolute atomic E-state index is 9.97. The fourth-order valence-electron chi connectivity index (χ4n) is 5.13. The molecular weight excluding hydrogens is 438 g/mol. The monoisotopic (exact) mass is 495 g/mol. The number of quaternary nitrogens is 1. The van der Waals surface area contributed by atoms with Gasteiger partial charge in [-0.15, -0.1) is 0 Å². The van der Waals surface area contributed by atoms with Crippen molar-refractivity contribution >= 4 is 0 Å². The number of unbranched alkanes of at least 4 members (excludes halogenated alkanes) is 17. The molecule has 3 heteroatoms. The molecule has 0 heterocycles. The van der Waals surface area contributed by atoms with E-state index in [9.17, 15) is 5.11 Å². The summed E-state index contributed by atoms with van der Waals surface area (Å²) in [7, 11) is 4.53. The summed E-state index contributed by atoms with van der Waals surface area (Å²) in [6, 6.07) is 11.0. The van der Waals surface area contributed by atoms with Gasteiger partial charge in [-0.2, -0.15) is 0 Å². The minimum Gasteiger partial charge on any atom is -1.00 e. The van der Waals surface area contributed by atoms with E-state index in [1.807, 2.05) is 0 Å². The van der Waals surface area contributed by atoms with Crippen LogP contribution in [0.25, 0.3) is 0 Å². The highest BCUT2D eigenvalue weighted by atomic mass is 35.5. The molecular formula is C31H58ClNO. The van der Waals surface area contributed by atoms with Crippen LogP contribution in [-0.4, -0.2) is 36.3 Å². The first-order chi connectivity index (χ1) is 16.1. The fourth-order valence-corrected chi connectivity index (χ4v) is 5.13. The zero-order valence-corrected chi connectivity index (χ0v) is 23.8. The first kappa shape index (κ1) is 33.4. The van der Waals surface area contributed by atoms with E-state index in [2.05, 4.69) is 51.4 Å². The summed E-state index contributed by atoms with van der Waals surface area (Å²) < 4.78 is 0.874. The van der Waals surface area contributed by atoms with Gasteiger partial charge in [-0.25, -0.2) is 0 Å². The Morgan fingerprint density at radius 3 is 1.38 bits per heavy atom. The van der Waals surface area contributed by atoms with Crippen LogP contribution in [0.15, 0.2) is 30.3 Å². The van der Waals surface area contributed by atoms with Crippen molar-refractivity contribution in [3.05, 3.63) is 35.9 Å². The van der Waals surface area contributed by atoms with Crippen molar-refractivity contribution in [3.63, 3.8) is 0 Å². The van der Waals surface area contributed by atoms with Gasteiger partial charge in [0.15, 0.2) is 0 Å². The Morgan fingerprint density at radius 1 is 0.618 bits per heavy atom. The van der Waals surface area contributed by atoms with E-state index in [0.29, 0.717) is 12.6 Å². The second-order valence-electron chi connectivity index (χ2n) is 11.1. The van der Waals surface area contributed by atoms with E-state index in [-0.39, 0.29) is 12.4 Å². The number of benzene rings is 1. The average molecular weight is 496 g/mol. The van der Waals surface area contributed by atoms with Gasteiger partial charge in [-0.1, -0.05) is 146 Å². The highest BCUT2D eigenvalue weighted by Gasteiger charge is 2.27. The third-order valence-electron chi connectivity index (χ3n) is 7.52. The minimum atomic E-state index is 0. The number of likely N-dealkylation sites (N-methyl/N-ethyl adjacent to an activating group) is 1. The van der Waals surface area contributed by atoms with Crippen LogP contribution < -0.4 is 12.4 Å². The van der Waals surface area contributed by atoms with Crippen LogP contribution in [0.3, 0.4) is 0 Å². The largest absolute Gasteiger partial charge is 1.00 e. The molecule has 1 N–H and O–H groups in total. The molecule has 0 spiro atoms. The topological polar surface area (TPSA) is 20.2 Å². The summed E-state index contributed by atoms with van der Waals surface area (Å²) in [5.41, 5.74) is 1.36. The van der Waals surface area contributed by atoms with Gasteiger partial charge in [0, 0.05) is 12.0 Å². The second kappa shape index (κ2) is 22.9. The number of rotatable bonds is 23. The van der Waals surface area contributed by atoms with Crippen LogP contribution in [0.1, 0.15) is 134 Å². The molecule has 2 nitrogen and oxygen atoms in total. The van der Waals surface area contributed by atoms with Crippen molar-refractivity contribution in [3.8, 4) is 0 Å². The van der Waals surface area contributed by atoms with Crippen LogP contribution in [0, 0.1) is 0 Å². The Balaban J connectivity index is 0.0000109. The summed E-state index contributed by atoms with van der Waals surface area (Å²) >= 11 is 0. The van der Waals surface area contributed by atoms with Gasteiger partial charge < -0.3 is 22.0 Å². The first-order valence-corrected chi connectivity index (χ1v) is 14.6. The number of nitrogens with zero attached hydrogens (tertiary/aromatic N) is 1. The van der Waals surface area contributed by atoms with Crippen molar-refractivity contribution in [2.45, 2.75) is 142 Å². The highest BCUT2D eigenvalue weighted by Crippen LogP contribution is 2.20. The lowest BCUT2D eigenvalue weighted by Gasteiger charge is -2.37. The third kappa shape index (κ3) is 17.8. The van der Waals surface area contributed by atoms with Crippen molar-refractivity contribution < 1.29 is 22.0 Å². The fraction of sp³-hybridized carbons (Fsp3) is 0.806. The van der Waals surface area contributed by atoms with E-state index < -0.39 is 0 Å². The van der Waals surface area contributed by atoms with E-state index >= 15 is 0 Å². The molecule has 1 rings (SSSR count). The number of hydrogen-bond donors (Lipinski definition) is 1. The molecule has 0 aliphatic carbocycles. The molecule has 0 saturated carbocycles. The van der Waals surface area contributed by atoms with Gasteiger partial charge in [0.05, 0.1) is 20.7 Å². The van der Waals surface area contributed by atoms with Gasteiger partial charge in [0.25, 0.3) is 0 Å². The van der Waals surface area contributed by atoms with Crippen LogP contribution in [0.4, 0.5) is 0 Å². The predicted octanol–water partition coefficient (Wildman–Crippen LogP) is 6.06. The molecule has 1 aromatic rings. The van der Waals surface area contributed by atoms with E-state index in [1.165, 1.54) is 121 Å². The smallest absolute Gasteiger partial charge is 0.112 e. The number of hydrogen-bond acceptors (Lipinski definition) is 1. The van der Waals surface area contributed by atoms with Crippen LogP contribution >= 0.6 is 0 Å². The quantitative estimate of drug-likeness (QED) is 0.144. The summed E-state index contributed by atoms with van der Waals surface area (Å²) in [5.74, 6) is 0. The zero-order valence-electron chi connectivity index (χ0n) is 23.1. The van der Waals surface area contributed by atoms with E-state index in [0.717, 1.165) is 17.4 Å². The lowest BCUT2D eigenvalue weighted by molar-refractivity contribution is -0.928. The predicted molar refractivity (Wildman–Crippen MR) is 147 cm³/mol. The SMILES string of the molecule is CCCCCCCCCCCCCCCCCCCCC(CO)[N+](C)(C)Cc1ccccc1.[Cl-]. The standard InChI is InChI=1S/C31H58NO.ClH/c1-4-5-6-7-8-9-10-11-12-13-14-15-16-17-18-19-20-24-27-31(29-33)32(2,3)28-30-25-22-21-23-26-30;/h21-23,25-26,31,33H,4-20,24,27-29H2,1-3H3;1H/q+1;/p-1. The molecule has 0 aromatic heterocycles. The Labute approximate surface area is 219 Å². The molecule has 1 aromatic carbocycles. The Morgan fingerprint density at radius 2 is 1.00 bits per heavy atom. The number of aliphatic hydroxyl groups is 1. The van der Waals surface area contributed by atoms with Gasteiger partial charge in [0.1, 0.15) is 12.6 Å². The summed E-state index contributed by atoms with van der Waals surface area (Å²) in [5, 5.41) is 9.97. The number of halogens is 1. The molecule has 1 unspecified atom stereocenters. The summed E-state index contributed by atoms with van der Waals surface area (Å²) in [6.45, 7) is 3.58. The van der Waals surface area contributed by atoms with Crippen LogP contribution in [0.5, 0.6) is 0 Å². The highest BCUT2D eigenvalue weighted by molar-refractivity contribution is 5.13. The molecule has 1 atom stereocenters. The Bertz CT molecular complexity index is 533. The van der Waals surface area contributed by atoms with Gasteiger partial charge in [-0.05, 0) is 6.42 Å². The van der Waals surface area contributed by atoms with Crippen molar-refractivity contribution in [1.29, 1.82) is 0 Å². The Kier molecular flexibility index (Phi) is 22.5. The number of aliphatic hydroxyl groups excluding tert-OH is 1. The van der Waals surface area contributed by atoms with Gasteiger partial charge in [-0.3, -0.25) is 0 Å². The maximum atomic E-state index is 9.97. The molecule has 0 radical (unpaired) electrons. The zero-order chi connectivity index (χ0) is 24.0. The normalized spacial score (nSPS) is 12.5. The molecule has 0 aliphatic heterocycles.